The summed E-state index contributed by atoms with van der Waals surface area (Å²) in [6, 6.07) is 0. The lowest BCUT2D eigenvalue weighted by Crippen LogP contribution is -1.97. The summed E-state index contributed by atoms with van der Waals surface area (Å²) in [5.74, 6) is 0. The van der Waals surface area contributed by atoms with Gasteiger partial charge in [0, 0.05) is 11.3 Å². The van der Waals surface area contributed by atoms with Gasteiger partial charge >= 0.3 is 0 Å². The molecule has 7 heavy (non-hydrogen) atoms. The van der Waals surface area contributed by atoms with Gasteiger partial charge in [0.15, 0.2) is 0 Å². The van der Waals surface area contributed by atoms with Crippen LogP contribution in [0.5, 0.6) is 0 Å². The Morgan fingerprint density at radius 2 is 1.71 bits per heavy atom. The van der Waals surface area contributed by atoms with E-state index in [9.17, 15) is 0 Å². The van der Waals surface area contributed by atoms with Crippen LogP contribution < -0.4 is 10.9 Å². The molecular weight excluding hydrogens is 120 g/mol. The summed E-state index contributed by atoms with van der Waals surface area (Å²) in [5, 5.41) is 4.03. The van der Waals surface area contributed by atoms with Crippen LogP contribution in [-0.4, -0.2) is 15.2 Å². The molecule has 0 aliphatic heterocycles. The highest BCUT2D eigenvalue weighted by molar-refractivity contribution is 7.76. The molecule has 1 atom stereocenters. The van der Waals surface area contributed by atoms with Crippen molar-refractivity contribution in [1.82, 2.24) is 0 Å². The minimum atomic E-state index is -2.36. The molecule has 0 spiro atoms. The smallest absolute Gasteiger partial charge is 0.204 e. The van der Waals surface area contributed by atoms with Gasteiger partial charge in [0.05, 0.1) is 0 Å². The first-order valence-corrected chi connectivity index (χ1v) is 2.28. The zero-order valence-electron chi connectivity index (χ0n) is 3.37. The predicted octanol–water partition coefficient (Wildman–Crippen LogP) is -2.16. The Hall–Kier alpha value is -0.460. The van der Waals surface area contributed by atoms with Gasteiger partial charge in [-0.05, 0) is 0 Å². The van der Waals surface area contributed by atoms with E-state index < -0.39 is 11.3 Å². The molecule has 4 N–H and O–H groups in total. The third-order valence-corrected chi connectivity index (χ3v) is 0. The molecule has 5 nitrogen and oxygen atoms in total. The zero-order valence-corrected chi connectivity index (χ0v) is 4.18. The minimum absolute atomic E-state index is 0.250. The number of nitrogens with two attached hydrogens (primary N) is 2. The molecule has 0 saturated carbocycles. The topological polar surface area (TPSA) is 109 Å². The van der Waals surface area contributed by atoms with Crippen LogP contribution in [0.4, 0.5) is 0 Å². The summed E-state index contributed by atoms with van der Waals surface area (Å²) in [7, 11) is 0. The van der Waals surface area contributed by atoms with Crippen LogP contribution in [0, 0.1) is 0 Å². The number of hydrogen-bond acceptors (Lipinski definition) is 3. The van der Waals surface area contributed by atoms with Gasteiger partial charge in [-0.1, -0.05) is 0 Å². The monoisotopic (exact) mass is 125 g/mol. The maximum atomic E-state index is 8.78. The Balaban J connectivity index is 0. The van der Waals surface area contributed by atoms with Gasteiger partial charge in [-0.15, -0.1) is 0 Å². The van der Waals surface area contributed by atoms with Gasteiger partial charge in [0.25, 0.3) is 0 Å². The summed E-state index contributed by atoms with van der Waals surface area (Å²) >= 11 is -2.36. The average molecular weight is 125 g/mol. The Morgan fingerprint density at radius 1 is 1.71 bits per heavy atom. The van der Waals surface area contributed by atoms with Gasteiger partial charge in [0.2, 0.25) is 6.41 Å². The van der Waals surface area contributed by atoms with Gasteiger partial charge in [-0.25, -0.2) is 0 Å². The van der Waals surface area contributed by atoms with Crippen molar-refractivity contribution in [3.05, 3.63) is 0 Å². The van der Waals surface area contributed by atoms with Crippen molar-refractivity contribution in [2.45, 2.75) is 0 Å². The number of rotatable bonds is 0. The molecule has 0 bridgehead atoms. The summed E-state index contributed by atoms with van der Waals surface area (Å²) in [6.45, 7) is 0. The van der Waals surface area contributed by atoms with E-state index >= 15 is 0 Å². The molecular formula is CH5N2O3S-. The first-order valence-electron chi connectivity index (χ1n) is 1.14. The van der Waals surface area contributed by atoms with E-state index in [-0.39, 0.29) is 6.41 Å². The highest BCUT2D eigenvalue weighted by Gasteiger charge is 1.39. The van der Waals surface area contributed by atoms with Crippen LogP contribution in [0.2, 0.25) is 0 Å². The predicted molar refractivity (Wildman–Crippen MR) is 23.4 cm³/mol. The lowest BCUT2D eigenvalue weighted by atomic mass is 11.5. The standard InChI is InChI=1S/CH3NO.H3NO2S/c2-1-3;1-4(2)3/h1H,(H2,2,3);1H2,(H,2,3)/p-1. The number of hydrogen-bond donors (Lipinski definition) is 2. The van der Waals surface area contributed by atoms with Crippen LogP contribution in [0.15, 0.2) is 0 Å². The number of amides is 1. The van der Waals surface area contributed by atoms with E-state index in [0.717, 1.165) is 0 Å². The third kappa shape index (κ3) is 328. The van der Waals surface area contributed by atoms with Crippen molar-refractivity contribution in [2.24, 2.45) is 10.9 Å². The highest BCUT2D eigenvalue weighted by atomic mass is 32.2. The van der Waals surface area contributed by atoms with Crippen molar-refractivity contribution in [3.63, 3.8) is 0 Å². The fourth-order valence-corrected chi connectivity index (χ4v) is 0. The van der Waals surface area contributed by atoms with Gasteiger partial charge in [-0.3, -0.25) is 14.1 Å². The van der Waals surface area contributed by atoms with E-state index in [1.54, 1.807) is 0 Å². The maximum Gasteiger partial charge on any atom is 0.204 e. The molecule has 0 fully saturated rings. The van der Waals surface area contributed by atoms with Gasteiger partial charge < -0.3 is 10.3 Å². The molecule has 0 saturated heterocycles. The van der Waals surface area contributed by atoms with E-state index in [1.807, 2.05) is 0 Å². The van der Waals surface area contributed by atoms with Crippen LogP contribution in [0.25, 0.3) is 0 Å². The molecule has 6 heteroatoms. The first-order chi connectivity index (χ1) is 3.15. The molecule has 1 unspecified atom stereocenters. The number of carbonyl (C=O) groups is 1. The molecule has 44 valence electrons. The van der Waals surface area contributed by atoms with Crippen LogP contribution >= 0.6 is 0 Å². The minimum Gasteiger partial charge on any atom is -0.760 e. The maximum absolute atomic E-state index is 8.78. The molecule has 1 amide bonds. The largest absolute Gasteiger partial charge is 0.760 e. The SMILES string of the molecule is NC=O.NS(=O)[O-]. The van der Waals surface area contributed by atoms with Crippen molar-refractivity contribution in [2.75, 3.05) is 0 Å². The number of primary amides is 1. The Morgan fingerprint density at radius 3 is 1.71 bits per heavy atom. The normalized spacial score (nSPS) is 10.6. The zero-order chi connectivity index (χ0) is 6.28. The molecule has 0 aromatic heterocycles. The fourth-order valence-electron chi connectivity index (χ4n) is 0. The quantitative estimate of drug-likeness (QED) is 0.284. The third-order valence-electron chi connectivity index (χ3n) is 0. The van der Waals surface area contributed by atoms with Crippen molar-refractivity contribution in [3.8, 4) is 0 Å². The molecule has 0 aromatic rings. The first kappa shape index (κ1) is 9.74. The second-order valence-electron chi connectivity index (χ2n) is 0.397. The van der Waals surface area contributed by atoms with Gasteiger partial charge in [-0.2, -0.15) is 0 Å². The van der Waals surface area contributed by atoms with E-state index in [4.69, 9.17) is 13.6 Å². The molecule has 0 radical (unpaired) electrons. The lowest BCUT2D eigenvalue weighted by Gasteiger charge is -1.85. The van der Waals surface area contributed by atoms with Crippen LogP contribution in [0.1, 0.15) is 0 Å². The summed E-state index contributed by atoms with van der Waals surface area (Å²) in [4.78, 5) is 8.58. The Labute approximate surface area is 43.1 Å². The Bertz CT molecular complexity index is 60.0. The summed E-state index contributed by atoms with van der Waals surface area (Å²) in [5.41, 5.74) is 4.17. The van der Waals surface area contributed by atoms with Crippen molar-refractivity contribution in [1.29, 1.82) is 0 Å². The van der Waals surface area contributed by atoms with Gasteiger partial charge in [0.1, 0.15) is 0 Å². The fraction of sp³-hybridized carbons (Fsp3) is 0. The van der Waals surface area contributed by atoms with Crippen molar-refractivity contribution < 1.29 is 13.6 Å². The van der Waals surface area contributed by atoms with Crippen molar-refractivity contribution >= 4 is 17.7 Å². The molecule has 0 aliphatic rings. The molecule has 0 aliphatic carbocycles. The summed E-state index contributed by atoms with van der Waals surface area (Å²) in [6.07, 6.45) is 0.250. The lowest BCUT2D eigenvalue weighted by molar-refractivity contribution is -0.106. The average Bonchev–Trinajstić information content (AvgIpc) is 1.33. The molecule has 0 rings (SSSR count). The second kappa shape index (κ2) is 9.11. The van der Waals surface area contributed by atoms with E-state index in [1.165, 1.54) is 0 Å². The number of carbonyl (C=O) groups excluding carboxylic acids is 1. The van der Waals surface area contributed by atoms with Crippen LogP contribution in [0.3, 0.4) is 0 Å². The molecule has 0 aromatic carbocycles. The Kier molecular flexibility index (Phi) is 12.7. The van der Waals surface area contributed by atoms with E-state index in [0.29, 0.717) is 0 Å². The van der Waals surface area contributed by atoms with Crippen LogP contribution in [-0.2, 0) is 16.1 Å². The second-order valence-corrected chi connectivity index (χ2v) is 0.918. The van der Waals surface area contributed by atoms with E-state index in [2.05, 4.69) is 10.9 Å². The molecule has 0 heterocycles. The summed E-state index contributed by atoms with van der Waals surface area (Å²) < 4.78 is 17.6. The highest BCUT2D eigenvalue weighted by Crippen LogP contribution is 1.33.